The van der Waals surface area contributed by atoms with Crippen molar-refractivity contribution in [2.24, 2.45) is 0 Å². The number of carbonyl (C=O) groups is 1. The highest BCUT2D eigenvalue weighted by Gasteiger charge is 2.20. The summed E-state index contributed by atoms with van der Waals surface area (Å²) in [6, 6.07) is 4.70. The van der Waals surface area contributed by atoms with Crippen LogP contribution in [0.5, 0.6) is 5.75 Å². The fourth-order valence-corrected chi connectivity index (χ4v) is 2.13. The number of nitrogens with one attached hydrogen (secondary N) is 1. The summed E-state index contributed by atoms with van der Waals surface area (Å²) in [6.07, 6.45) is 0. The molecular weight excluding hydrogens is 304 g/mol. The summed E-state index contributed by atoms with van der Waals surface area (Å²) < 4.78 is 28.2. The molecule has 0 radical (unpaired) electrons. The number of benzene rings is 1. The first-order valence-corrected chi connectivity index (χ1v) is 7.42. The molecule has 0 atom stereocenters. The van der Waals surface area contributed by atoms with Gasteiger partial charge in [0.2, 0.25) is 5.91 Å². The van der Waals surface area contributed by atoms with Crippen LogP contribution in [0.3, 0.4) is 0 Å². The largest absolute Gasteiger partial charge is 0.495 e. The Morgan fingerprint density at radius 2 is 2.00 bits per heavy atom. The van der Waals surface area contributed by atoms with E-state index in [2.05, 4.69) is 5.32 Å². The normalized spacial score (nSPS) is 10.8. The molecule has 1 rings (SSSR count). The average Bonchev–Trinajstić information content (AvgIpc) is 2.28. The van der Waals surface area contributed by atoms with Gasteiger partial charge < -0.3 is 15.8 Å². The van der Waals surface area contributed by atoms with E-state index in [0.29, 0.717) is 17.1 Å². The first-order valence-electron chi connectivity index (χ1n) is 5.71. The third-order valence-corrected chi connectivity index (χ3v) is 4.66. The molecule has 0 heterocycles. The van der Waals surface area contributed by atoms with Gasteiger partial charge >= 0.3 is 0 Å². The Morgan fingerprint density at radius 1 is 1.40 bits per heavy atom. The Kier molecular flexibility index (Phi) is 6.81. The van der Waals surface area contributed by atoms with E-state index < -0.39 is 26.7 Å². The minimum atomic E-state index is -3.41. The Bertz CT molecular complexity index is 573. The van der Waals surface area contributed by atoms with Crippen molar-refractivity contribution in [1.29, 1.82) is 0 Å². The second-order valence-corrected chi connectivity index (χ2v) is 6.92. The van der Waals surface area contributed by atoms with Gasteiger partial charge in [0, 0.05) is 5.69 Å². The monoisotopic (exact) mass is 322 g/mol. The Labute approximate surface area is 125 Å². The highest BCUT2D eigenvalue weighted by atomic mass is 35.5. The smallest absolute Gasteiger partial charge is 0.239 e. The lowest BCUT2D eigenvalue weighted by molar-refractivity contribution is -0.113. The lowest BCUT2D eigenvalue weighted by atomic mass is 10.2. The SMILES string of the molecule is COc1ccc(NC(=O)CS(=O)(=O)C(C)C)cc1N.Cl. The van der Waals surface area contributed by atoms with Crippen LogP contribution in [0.1, 0.15) is 13.8 Å². The zero-order chi connectivity index (χ0) is 14.6. The fraction of sp³-hybridized carbons (Fsp3) is 0.417. The van der Waals surface area contributed by atoms with Gasteiger partial charge in [0.05, 0.1) is 18.0 Å². The van der Waals surface area contributed by atoms with Gasteiger partial charge in [0.1, 0.15) is 11.5 Å². The molecule has 1 amide bonds. The molecule has 0 aliphatic heterocycles. The predicted molar refractivity (Wildman–Crippen MR) is 82.2 cm³/mol. The van der Waals surface area contributed by atoms with Crippen LogP contribution < -0.4 is 15.8 Å². The zero-order valence-electron chi connectivity index (χ0n) is 11.5. The van der Waals surface area contributed by atoms with E-state index in [1.54, 1.807) is 12.1 Å². The molecule has 0 aromatic heterocycles. The van der Waals surface area contributed by atoms with Crippen LogP contribution in [0.25, 0.3) is 0 Å². The highest BCUT2D eigenvalue weighted by Crippen LogP contribution is 2.24. The quantitative estimate of drug-likeness (QED) is 0.800. The summed E-state index contributed by atoms with van der Waals surface area (Å²) in [5.74, 6) is -0.637. The van der Waals surface area contributed by atoms with Crippen molar-refractivity contribution in [3.63, 3.8) is 0 Å². The predicted octanol–water partition coefficient (Wildman–Crippen LogP) is 1.46. The van der Waals surface area contributed by atoms with Crippen molar-refractivity contribution in [2.75, 3.05) is 23.9 Å². The van der Waals surface area contributed by atoms with Crippen molar-refractivity contribution in [3.05, 3.63) is 18.2 Å². The number of sulfone groups is 1. The molecular formula is C12H19ClN2O4S. The highest BCUT2D eigenvalue weighted by molar-refractivity contribution is 7.92. The van der Waals surface area contributed by atoms with Crippen LogP contribution >= 0.6 is 12.4 Å². The van der Waals surface area contributed by atoms with Crippen LogP contribution in [0.15, 0.2) is 18.2 Å². The molecule has 0 saturated heterocycles. The number of rotatable bonds is 5. The first kappa shape index (κ1) is 18.5. The topological polar surface area (TPSA) is 98.5 Å². The van der Waals surface area contributed by atoms with Gasteiger partial charge in [-0.3, -0.25) is 4.79 Å². The number of nitrogens with two attached hydrogens (primary N) is 1. The molecule has 1 aromatic carbocycles. The second kappa shape index (κ2) is 7.35. The van der Waals surface area contributed by atoms with E-state index in [4.69, 9.17) is 10.5 Å². The van der Waals surface area contributed by atoms with Crippen LogP contribution in [-0.4, -0.2) is 32.4 Å². The van der Waals surface area contributed by atoms with Crippen molar-refractivity contribution >= 4 is 39.5 Å². The summed E-state index contributed by atoms with van der Waals surface area (Å²) in [6.45, 7) is 3.07. The maximum Gasteiger partial charge on any atom is 0.239 e. The second-order valence-electron chi connectivity index (χ2n) is 4.36. The third-order valence-electron chi connectivity index (χ3n) is 2.56. The molecule has 0 unspecified atom stereocenters. The van der Waals surface area contributed by atoms with E-state index in [9.17, 15) is 13.2 Å². The van der Waals surface area contributed by atoms with E-state index >= 15 is 0 Å². The van der Waals surface area contributed by atoms with Crippen molar-refractivity contribution in [2.45, 2.75) is 19.1 Å². The van der Waals surface area contributed by atoms with Crippen LogP contribution in [0, 0.1) is 0 Å². The minimum Gasteiger partial charge on any atom is -0.495 e. The molecule has 0 aliphatic rings. The molecule has 6 nitrogen and oxygen atoms in total. The Morgan fingerprint density at radius 3 is 2.45 bits per heavy atom. The maximum atomic E-state index is 11.6. The standard InChI is InChI=1S/C12H18N2O4S.ClH/c1-8(2)19(16,17)7-12(15)14-9-4-5-11(18-3)10(13)6-9;/h4-6,8H,7,13H2,1-3H3,(H,14,15);1H. The van der Waals surface area contributed by atoms with E-state index in [1.807, 2.05) is 0 Å². The molecule has 0 bridgehead atoms. The van der Waals surface area contributed by atoms with Crippen LogP contribution in [-0.2, 0) is 14.6 Å². The summed E-state index contributed by atoms with van der Waals surface area (Å²) in [7, 11) is -1.92. The molecule has 0 aliphatic carbocycles. The molecule has 3 N–H and O–H groups in total. The number of halogens is 1. The van der Waals surface area contributed by atoms with E-state index in [1.165, 1.54) is 27.0 Å². The van der Waals surface area contributed by atoms with Gasteiger partial charge in [0.25, 0.3) is 0 Å². The van der Waals surface area contributed by atoms with Crippen LogP contribution in [0.2, 0.25) is 0 Å². The van der Waals surface area contributed by atoms with Gasteiger partial charge in [-0.25, -0.2) is 8.42 Å². The fourth-order valence-electron chi connectivity index (χ4n) is 1.36. The molecule has 0 saturated carbocycles. The number of amides is 1. The number of hydrogen-bond donors (Lipinski definition) is 2. The molecule has 0 fully saturated rings. The number of carbonyl (C=O) groups excluding carboxylic acids is 1. The number of hydrogen-bond acceptors (Lipinski definition) is 5. The third kappa shape index (κ3) is 4.90. The Balaban J connectivity index is 0.00000361. The number of nitrogen functional groups attached to an aromatic ring is 1. The van der Waals surface area contributed by atoms with Gasteiger partial charge in [-0.05, 0) is 32.0 Å². The van der Waals surface area contributed by atoms with Gasteiger partial charge in [0.15, 0.2) is 9.84 Å². The number of methoxy groups -OCH3 is 1. The molecule has 114 valence electrons. The van der Waals surface area contributed by atoms with Gasteiger partial charge in [-0.15, -0.1) is 12.4 Å². The molecule has 20 heavy (non-hydrogen) atoms. The molecule has 1 aromatic rings. The summed E-state index contributed by atoms with van der Waals surface area (Å²) >= 11 is 0. The summed E-state index contributed by atoms with van der Waals surface area (Å²) in [5.41, 5.74) is 6.49. The molecule has 0 spiro atoms. The average molecular weight is 323 g/mol. The van der Waals surface area contributed by atoms with Crippen molar-refractivity contribution in [3.8, 4) is 5.75 Å². The van der Waals surface area contributed by atoms with Crippen molar-refractivity contribution < 1.29 is 17.9 Å². The van der Waals surface area contributed by atoms with E-state index in [0.717, 1.165) is 0 Å². The lowest BCUT2D eigenvalue weighted by Gasteiger charge is -2.10. The zero-order valence-corrected chi connectivity index (χ0v) is 13.2. The number of ether oxygens (including phenoxy) is 1. The maximum absolute atomic E-state index is 11.6. The Hall–Kier alpha value is -1.47. The summed E-state index contributed by atoms with van der Waals surface area (Å²) in [4.78, 5) is 11.6. The molecule has 8 heteroatoms. The lowest BCUT2D eigenvalue weighted by Crippen LogP contribution is -2.27. The number of anilines is 2. The van der Waals surface area contributed by atoms with Crippen molar-refractivity contribution in [1.82, 2.24) is 0 Å². The van der Waals surface area contributed by atoms with Gasteiger partial charge in [-0.2, -0.15) is 0 Å². The van der Waals surface area contributed by atoms with Crippen LogP contribution in [0.4, 0.5) is 11.4 Å². The summed E-state index contributed by atoms with van der Waals surface area (Å²) in [5, 5.41) is 1.91. The van der Waals surface area contributed by atoms with E-state index in [-0.39, 0.29) is 12.4 Å². The first-order chi connectivity index (χ1) is 8.76. The minimum absolute atomic E-state index is 0. The van der Waals surface area contributed by atoms with Gasteiger partial charge in [-0.1, -0.05) is 0 Å².